The molecule has 2 aromatic rings. The van der Waals surface area contributed by atoms with Crippen molar-refractivity contribution in [2.45, 2.75) is 43.2 Å². The van der Waals surface area contributed by atoms with Crippen LogP contribution in [-0.2, 0) is 15.1 Å². The smallest absolute Gasteiger partial charge is 0.490 e. The number of likely N-dealkylation sites (N-methyl/N-ethyl adjacent to an activating group) is 1. The molecule has 2 aliphatic heterocycles. The van der Waals surface area contributed by atoms with Crippen molar-refractivity contribution >= 4 is 29.4 Å². The number of rotatable bonds is 1. The van der Waals surface area contributed by atoms with Gasteiger partial charge in [0.2, 0.25) is 0 Å². The third-order valence-electron chi connectivity index (χ3n) is 6.52. The van der Waals surface area contributed by atoms with Gasteiger partial charge in [-0.15, -0.1) is 0 Å². The minimum atomic E-state index is -5.08. The number of aliphatic hydroxyl groups is 1. The largest absolute Gasteiger partial charge is 0.490 e. The summed E-state index contributed by atoms with van der Waals surface area (Å²) in [6, 6.07) is 7.52. The Morgan fingerprint density at radius 2 is 1.94 bits per heavy atom. The van der Waals surface area contributed by atoms with Gasteiger partial charge in [-0.2, -0.15) is 13.2 Å². The number of aliphatic carboxylic acids is 1. The zero-order valence-electron chi connectivity index (χ0n) is 18.9. The van der Waals surface area contributed by atoms with E-state index in [-0.39, 0.29) is 23.9 Å². The van der Waals surface area contributed by atoms with E-state index in [1.807, 2.05) is 24.3 Å². The molecular weight excluding hydrogens is 505 g/mol. The zero-order chi connectivity index (χ0) is 26.4. The van der Waals surface area contributed by atoms with Gasteiger partial charge in [-0.25, -0.2) is 9.79 Å². The highest BCUT2D eigenvalue weighted by Gasteiger charge is 2.60. The standard InChI is InChI=1S/C21H21ClN4O3.C2HF3O2/c1-26-19(28)21(25-20(26)23)15-4-3-14(27)8-18(15)29-17-5-2-11(7-16(17)21)12-6-13(22)10-24-9-12;3-2(4,5)1(6)7/h2,5-7,9-10,14-15,18,27H,3-4,8H2,1H3,(H2,23,25);(H,6,7). The van der Waals surface area contributed by atoms with Crippen LogP contribution in [0.3, 0.4) is 0 Å². The van der Waals surface area contributed by atoms with Crippen molar-refractivity contribution in [2.75, 3.05) is 7.05 Å². The van der Waals surface area contributed by atoms with Gasteiger partial charge in [0.15, 0.2) is 11.5 Å². The van der Waals surface area contributed by atoms with Gasteiger partial charge in [-0.05, 0) is 36.6 Å². The van der Waals surface area contributed by atoms with Crippen molar-refractivity contribution in [2.24, 2.45) is 16.6 Å². The average Bonchev–Trinajstić information content (AvgIpc) is 3.03. The summed E-state index contributed by atoms with van der Waals surface area (Å²) in [4.78, 5) is 32.6. The molecule has 1 aromatic heterocycles. The molecule has 1 aromatic carbocycles. The normalized spacial score (nSPS) is 26.8. The van der Waals surface area contributed by atoms with Gasteiger partial charge in [-0.3, -0.25) is 14.7 Å². The molecule has 1 spiro atoms. The van der Waals surface area contributed by atoms with Crippen molar-refractivity contribution in [3.63, 3.8) is 0 Å². The summed E-state index contributed by atoms with van der Waals surface area (Å²) >= 11 is 6.11. The number of benzene rings is 1. The molecule has 1 amide bonds. The average molecular weight is 527 g/mol. The number of ether oxygens (including phenoxy) is 1. The second kappa shape index (κ2) is 9.25. The number of fused-ring (bicyclic) bond motifs is 4. The monoisotopic (exact) mass is 526 g/mol. The van der Waals surface area contributed by atoms with Crippen molar-refractivity contribution in [1.82, 2.24) is 9.88 Å². The number of pyridine rings is 1. The van der Waals surface area contributed by atoms with Gasteiger partial charge in [-0.1, -0.05) is 17.7 Å². The van der Waals surface area contributed by atoms with Crippen LogP contribution in [0, 0.1) is 5.92 Å². The topological polar surface area (TPSA) is 138 Å². The number of carbonyl (C=O) groups excluding carboxylic acids is 1. The van der Waals surface area contributed by atoms with Gasteiger partial charge in [0, 0.05) is 42.9 Å². The number of aliphatic hydroxyl groups excluding tert-OH is 1. The molecule has 0 bridgehead atoms. The number of alkyl halides is 3. The minimum Gasteiger partial charge on any atom is -0.490 e. The highest BCUT2D eigenvalue weighted by Crippen LogP contribution is 2.53. The summed E-state index contributed by atoms with van der Waals surface area (Å²) in [5.41, 5.74) is 7.35. The predicted octanol–water partition coefficient (Wildman–Crippen LogP) is 2.94. The first-order chi connectivity index (χ1) is 16.8. The molecule has 4 atom stereocenters. The Labute approximate surface area is 208 Å². The first-order valence-corrected chi connectivity index (χ1v) is 11.3. The maximum atomic E-state index is 13.5. The van der Waals surface area contributed by atoms with E-state index in [0.29, 0.717) is 35.6 Å². The lowest BCUT2D eigenvalue weighted by molar-refractivity contribution is -0.192. The van der Waals surface area contributed by atoms with Crippen molar-refractivity contribution in [3.8, 4) is 16.9 Å². The molecule has 0 saturated heterocycles. The lowest BCUT2D eigenvalue weighted by atomic mass is 9.67. The maximum absolute atomic E-state index is 13.5. The van der Waals surface area contributed by atoms with E-state index in [9.17, 15) is 23.1 Å². The Hall–Kier alpha value is -3.38. The van der Waals surface area contributed by atoms with E-state index < -0.39 is 23.8 Å². The number of hydrogen-bond acceptors (Lipinski definition) is 7. The van der Waals surface area contributed by atoms with E-state index in [1.165, 1.54) is 4.90 Å². The molecule has 13 heteroatoms. The van der Waals surface area contributed by atoms with Gasteiger partial charge >= 0.3 is 12.1 Å². The second-order valence-corrected chi connectivity index (χ2v) is 9.17. The fraction of sp³-hybridized carbons (Fsp3) is 0.391. The summed E-state index contributed by atoms with van der Waals surface area (Å²) in [6.07, 6.45) is -0.815. The fourth-order valence-corrected chi connectivity index (χ4v) is 5.01. The van der Waals surface area contributed by atoms with Crippen LogP contribution >= 0.6 is 11.6 Å². The van der Waals surface area contributed by atoms with Crippen molar-refractivity contribution < 1.29 is 37.7 Å². The SMILES string of the molecule is CN1C(=O)C2(N=C1N)c1cc(-c3cncc(Cl)c3)ccc1OC1CC(O)CCC12.O=C(O)C(F)(F)F. The lowest BCUT2D eigenvalue weighted by Crippen LogP contribution is -2.55. The Morgan fingerprint density at radius 3 is 2.53 bits per heavy atom. The molecule has 0 radical (unpaired) electrons. The second-order valence-electron chi connectivity index (χ2n) is 8.74. The maximum Gasteiger partial charge on any atom is 0.490 e. The number of amides is 1. The molecule has 5 rings (SSSR count). The molecule has 4 unspecified atom stereocenters. The van der Waals surface area contributed by atoms with Crippen LogP contribution in [0.5, 0.6) is 5.75 Å². The fourth-order valence-electron chi connectivity index (χ4n) is 4.84. The third kappa shape index (κ3) is 4.46. The molecule has 1 aliphatic carbocycles. The summed E-state index contributed by atoms with van der Waals surface area (Å²) in [5.74, 6) is -2.32. The number of carbonyl (C=O) groups is 2. The number of carboxylic acid groups (broad SMARTS) is 1. The van der Waals surface area contributed by atoms with Crippen LogP contribution in [0.15, 0.2) is 41.7 Å². The van der Waals surface area contributed by atoms with E-state index in [1.54, 1.807) is 19.4 Å². The highest BCUT2D eigenvalue weighted by atomic mass is 35.5. The number of carboxylic acids is 1. The summed E-state index contributed by atoms with van der Waals surface area (Å²) in [7, 11) is 1.64. The van der Waals surface area contributed by atoms with E-state index >= 15 is 0 Å². The van der Waals surface area contributed by atoms with Crippen LogP contribution in [0.4, 0.5) is 13.2 Å². The lowest BCUT2D eigenvalue weighted by Gasteiger charge is -2.46. The van der Waals surface area contributed by atoms with Gasteiger partial charge < -0.3 is 20.7 Å². The van der Waals surface area contributed by atoms with Crippen LogP contribution in [-0.4, -0.2) is 63.4 Å². The number of hydrogen-bond donors (Lipinski definition) is 3. The van der Waals surface area contributed by atoms with Crippen LogP contribution < -0.4 is 10.5 Å². The van der Waals surface area contributed by atoms with Gasteiger partial charge in [0.1, 0.15) is 11.9 Å². The number of nitrogens with two attached hydrogens (primary N) is 1. The molecular formula is C23H22ClF3N4O5. The number of guanidine groups is 1. The Morgan fingerprint density at radius 1 is 1.25 bits per heavy atom. The molecule has 1 fully saturated rings. The highest BCUT2D eigenvalue weighted by molar-refractivity contribution is 6.30. The molecule has 1 saturated carbocycles. The zero-order valence-corrected chi connectivity index (χ0v) is 19.6. The molecule has 4 N–H and O–H groups in total. The molecule has 3 aliphatic rings. The van der Waals surface area contributed by atoms with E-state index in [0.717, 1.165) is 11.1 Å². The van der Waals surface area contributed by atoms with E-state index in [2.05, 4.69) is 4.98 Å². The first-order valence-electron chi connectivity index (χ1n) is 10.9. The molecule has 192 valence electrons. The summed E-state index contributed by atoms with van der Waals surface area (Å²) in [6.45, 7) is 0. The van der Waals surface area contributed by atoms with Crippen LogP contribution in [0.25, 0.3) is 11.1 Å². The third-order valence-corrected chi connectivity index (χ3v) is 6.72. The van der Waals surface area contributed by atoms with Crippen LogP contribution in [0.1, 0.15) is 24.8 Å². The summed E-state index contributed by atoms with van der Waals surface area (Å²) in [5, 5.41) is 17.8. The number of nitrogens with zero attached hydrogens (tertiary/aromatic N) is 3. The number of aromatic nitrogens is 1. The predicted molar refractivity (Wildman–Crippen MR) is 122 cm³/mol. The van der Waals surface area contributed by atoms with Crippen molar-refractivity contribution in [3.05, 3.63) is 47.2 Å². The number of aliphatic imine (C=N–C) groups is 1. The Bertz CT molecular complexity index is 1240. The Kier molecular flexibility index (Phi) is 6.60. The minimum absolute atomic E-state index is 0.160. The summed E-state index contributed by atoms with van der Waals surface area (Å²) < 4.78 is 38.0. The quantitative estimate of drug-likeness (QED) is 0.519. The number of halogens is 4. The molecule has 36 heavy (non-hydrogen) atoms. The van der Waals surface area contributed by atoms with Crippen LogP contribution in [0.2, 0.25) is 5.02 Å². The van der Waals surface area contributed by atoms with Gasteiger partial charge in [0.05, 0.1) is 11.1 Å². The first kappa shape index (κ1) is 25.7. The van der Waals surface area contributed by atoms with Crippen molar-refractivity contribution in [1.29, 1.82) is 0 Å². The molecule has 3 heterocycles. The Balaban J connectivity index is 0.000000384. The van der Waals surface area contributed by atoms with E-state index in [4.69, 9.17) is 37.0 Å². The molecule has 9 nitrogen and oxygen atoms in total. The van der Waals surface area contributed by atoms with Gasteiger partial charge in [0.25, 0.3) is 5.91 Å².